The molecule has 0 fully saturated rings. The number of nitrogens with zero attached hydrogens (tertiary/aromatic N) is 2. The molecule has 0 aliphatic heterocycles. The Hall–Kier alpha value is -2.17. The maximum absolute atomic E-state index is 13.0. The van der Waals surface area contributed by atoms with Crippen molar-refractivity contribution in [2.45, 2.75) is 13.5 Å². The first-order chi connectivity index (χ1) is 8.11. The maximum Gasteiger partial charge on any atom is 0.336 e. The fourth-order valence-corrected chi connectivity index (χ4v) is 1.62. The highest BCUT2D eigenvalue weighted by Crippen LogP contribution is 2.24. The lowest BCUT2D eigenvalue weighted by Gasteiger charge is -2.03. The number of carbonyl (C=O) groups is 1. The van der Waals surface area contributed by atoms with Crippen molar-refractivity contribution in [1.82, 2.24) is 9.78 Å². The summed E-state index contributed by atoms with van der Waals surface area (Å²) >= 11 is 0. The number of carboxylic acid groups (broad SMARTS) is 1. The van der Waals surface area contributed by atoms with Crippen LogP contribution in [0.25, 0.3) is 11.1 Å². The van der Waals surface area contributed by atoms with E-state index in [4.69, 9.17) is 5.11 Å². The van der Waals surface area contributed by atoms with E-state index in [9.17, 15) is 9.18 Å². The molecule has 2 aromatic rings. The number of rotatable bonds is 3. The number of halogens is 1. The van der Waals surface area contributed by atoms with Crippen LogP contribution in [-0.2, 0) is 6.54 Å². The van der Waals surface area contributed by atoms with E-state index in [1.165, 1.54) is 12.1 Å². The molecule has 0 atom stereocenters. The van der Waals surface area contributed by atoms with E-state index >= 15 is 0 Å². The van der Waals surface area contributed by atoms with Gasteiger partial charge in [0.2, 0.25) is 0 Å². The molecule has 0 aliphatic carbocycles. The lowest BCUT2D eigenvalue weighted by Crippen LogP contribution is -2.00. The normalized spacial score (nSPS) is 10.5. The molecule has 0 aliphatic rings. The van der Waals surface area contributed by atoms with Crippen molar-refractivity contribution in [2.24, 2.45) is 0 Å². The van der Waals surface area contributed by atoms with Crippen molar-refractivity contribution >= 4 is 5.97 Å². The molecule has 0 bridgehead atoms. The van der Waals surface area contributed by atoms with Gasteiger partial charge < -0.3 is 5.11 Å². The van der Waals surface area contributed by atoms with Crippen molar-refractivity contribution in [3.05, 3.63) is 42.0 Å². The highest BCUT2D eigenvalue weighted by Gasteiger charge is 2.13. The molecule has 0 saturated heterocycles. The van der Waals surface area contributed by atoms with Crippen LogP contribution in [0.5, 0.6) is 0 Å². The van der Waals surface area contributed by atoms with Crippen LogP contribution in [0.1, 0.15) is 17.3 Å². The van der Waals surface area contributed by atoms with Gasteiger partial charge >= 0.3 is 5.97 Å². The number of aromatic nitrogens is 2. The second-order valence-corrected chi connectivity index (χ2v) is 3.58. The molecule has 0 amide bonds. The predicted molar refractivity (Wildman–Crippen MR) is 60.3 cm³/mol. The number of aryl methyl sites for hydroxylation is 1. The van der Waals surface area contributed by atoms with Gasteiger partial charge in [0, 0.05) is 18.3 Å². The van der Waals surface area contributed by atoms with E-state index in [0.717, 1.165) is 6.07 Å². The third-order valence-corrected chi connectivity index (χ3v) is 2.48. The predicted octanol–water partition coefficient (Wildman–Crippen LogP) is 2.41. The number of carboxylic acids is 1. The van der Waals surface area contributed by atoms with Gasteiger partial charge in [0.1, 0.15) is 5.82 Å². The topological polar surface area (TPSA) is 55.1 Å². The molecule has 5 heteroatoms. The number of aromatic carboxylic acids is 1. The van der Waals surface area contributed by atoms with E-state index < -0.39 is 11.8 Å². The Morgan fingerprint density at radius 3 is 2.88 bits per heavy atom. The number of hydrogen-bond donors (Lipinski definition) is 1. The smallest absolute Gasteiger partial charge is 0.336 e. The van der Waals surface area contributed by atoms with Crippen LogP contribution < -0.4 is 0 Å². The molecule has 0 radical (unpaired) electrons. The van der Waals surface area contributed by atoms with Gasteiger partial charge in [0.15, 0.2) is 0 Å². The minimum absolute atomic E-state index is 0.0550. The molecule has 1 N–H and O–H groups in total. The van der Waals surface area contributed by atoms with Crippen molar-refractivity contribution in [3.63, 3.8) is 0 Å². The minimum atomic E-state index is -1.15. The summed E-state index contributed by atoms with van der Waals surface area (Å²) in [5.74, 6) is -1.71. The lowest BCUT2D eigenvalue weighted by molar-refractivity contribution is 0.0697. The molecular formula is C12H11FN2O2. The first-order valence-electron chi connectivity index (χ1n) is 5.17. The molecule has 4 nitrogen and oxygen atoms in total. The second kappa shape index (κ2) is 4.37. The van der Waals surface area contributed by atoms with Crippen molar-refractivity contribution in [1.29, 1.82) is 0 Å². The van der Waals surface area contributed by atoms with E-state index in [1.54, 1.807) is 17.1 Å². The molecule has 0 saturated carbocycles. The Bertz CT molecular complexity index is 563. The summed E-state index contributed by atoms with van der Waals surface area (Å²) in [6.45, 7) is 2.63. The van der Waals surface area contributed by atoms with Crippen molar-refractivity contribution < 1.29 is 14.3 Å². The Kier molecular flexibility index (Phi) is 2.91. The average molecular weight is 234 g/mol. The maximum atomic E-state index is 13.0. The Morgan fingerprint density at radius 2 is 2.29 bits per heavy atom. The van der Waals surface area contributed by atoms with E-state index in [0.29, 0.717) is 17.7 Å². The van der Waals surface area contributed by atoms with Gasteiger partial charge in [0.05, 0.1) is 11.8 Å². The van der Waals surface area contributed by atoms with Crippen LogP contribution in [0, 0.1) is 5.82 Å². The fraction of sp³-hybridized carbons (Fsp3) is 0.167. The third-order valence-electron chi connectivity index (χ3n) is 2.48. The SMILES string of the molecule is CCn1cc(-c2ccc(F)cc2C(=O)O)cn1. The van der Waals surface area contributed by atoms with Gasteiger partial charge in [-0.05, 0) is 24.6 Å². The van der Waals surface area contributed by atoms with Crippen molar-refractivity contribution in [3.8, 4) is 11.1 Å². The molecule has 88 valence electrons. The van der Waals surface area contributed by atoms with Crippen LogP contribution in [-0.4, -0.2) is 20.9 Å². The van der Waals surface area contributed by atoms with Crippen molar-refractivity contribution in [2.75, 3.05) is 0 Å². The molecule has 0 spiro atoms. The van der Waals surface area contributed by atoms with Gasteiger partial charge in [-0.15, -0.1) is 0 Å². The highest BCUT2D eigenvalue weighted by molar-refractivity contribution is 5.95. The van der Waals surface area contributed by atoms with Gasteiger partial charge in [0.25, 0.3) is 0 Å². The summed E-state index contributed by atoms with van der Waals surface area (Å²) in [6, 6.07) is 3.71. The summed E-state index contributed by atoms with van der Waals surface area (Å²) < 4.78 is 14.7. The summed E-state index contributed by atoms with van der Waals surface area (Å²) in [7, 11) is 0. The first kappa shape index (κ1) is 11.3. The second-order valence-electron chi connectivity index (χ2n) is 3.58. The quantitative estimate of drug-likeness (QED) is 0.887. The Labute approximate surface area is 97.3 Å². The van der Waals surface area contributed by atoms with Crippen LogP contribution in [0.3, 0.4) is 0 Å². The Balaban J connectivity index is 2.54. The summed E-state index contributed by atoms with van der Waals surface area (Å²) in [5, 5.41) is 13.1. The molecule has 17 heavy (non-hydrogen) atoms. The van der Waals surface area contributed by atoms with Gasteiger partial charge in [-0.1, -0.05) is 6.07 Å². The largest absolute Gasteiger partial charge is 0.478 e. The monoisotopic (exact) mass is 234 g/mol. The van der Waals surface area contributed by atoms with Gasteiger partial charge in [-0.2, -0.15) is 5.10 Å². The van der Waals surface area contributed by atoms with E-state index in [1.807, 2.05) is 6.92 Å². The van der Waals surface area contributed by atoms with E-state index in [-0.39, 0.29) is 5.56 Å². The standard InChI is InChI=1S/C12H11FN2O2/c1-2-15-7-8(6-14-15)10-4-3-9(13)5-11(10)12(16)17/h3-7H,2H2,1H3,(H,16,17). The molecule has 2 rings (SSSR count). The molecule has 0 unspecified atom stereocenters. The highest BCUT2D eigenvalue weighted by atomic mass is 19.1. The van der Waals surface area contributed by atoms with Crippen LogP contribution in [0.4, 0.5) is 4.39 Å². The van der Waals surface area contributed by atoms with E-state index in [2.05, 4.69) is 5.10 Å². The number of benzene rings is 1. The average Bonchev–Trinajstić information content (AvgIpc) is 2.77. The van der Waals surface area contributed by atoms with Gasteiger partial charge in [-0.3, -0.25) is 4.68 Å². The van der Waals surface area contributed by atoms with Crippen LogP contribution in [0.15, 0.2) is 30.6 Å². The summed E-state index contributed by atoms with van der Waals surface area (Å²) in [4.78, 5) is 11.0. The summed E-state index contributed by atoms with van der Waals surface area (Å²) in [6.07, 6.45) is 3.31. The first-order valence-corrected chi connectivity index (χ1v) is 5.17. The molecular weight excluding hydrogens is 223 g/mol. The fourth-order valence-electron chi connectivity index (χ4n) is 1.62. The van der Waals surface area contributed by atoms with Crippen LogP contribution >= 0.6 is 0 Å². The minimum Gasteiger partial charge on any atom is -0.478 e. The van der Waals surface area contributed by atoms with Crippen LogP contribution in [0.2, 0.25) is 0 Å². The zero-order valence-electron chi connectivity index (χ0n) is 9.22. The third kappa shape index (κ3) is 2.18. The lowest BCUT2D eigenvalue weighted by atomic mass is 10.0. The molecule has 1 aromatic carbocycles. The molecule has 1 heterocycles. The van der Waals surface area contributed by atoms with Gasteiger partial charge in [-0.25, -0.2) is 9.18 Å². The molecule has 1 aromatic heterocycles. The number of hydrogen-bond acceptors (Lipinski definition) is 2. The summed E-state index contributed by atoms with van der Waals surface area (Å²) in [5.41, 5.74) is 1.09. The zero-order valence-corrected chi connectivity index (χ0v) is 9.22. The Morgan fingerprint density at radius 1 is 1.53 bits per heavy atom. The zero-order chi connectivity index (χ0) is 12.4.